The Morgan fingerprint density at radius 2 is 2.36 bits per heavy atom. The molecule has 1 heterocycles. The molecule has 0 spiro atoms. The lowest BCUT2D eigenvalue weighted by Crippen LogP contribution is -2.34. The molecule has 3 unspecified atom stereocenters. The molecule has 1 fully saturated rings. The van der Waals surface area contributed by atoms with Gasteiger partial charge in [-0.05, 0) is 36.6 Å². The van der Waals surface area contributed by atoms with Gasteiger partial charge in [-0.3, -0.25) is 0 Å². The Balaban J connectivity index is 2.09. The maximum absolute atomic E-state index is 6.19. The smallest absolute Gasteiger partial charge is 0.0116 e. The SMILES string of the molecule is CCC1CCC(N)C(c2cccs2)C1. The molecule has 0 saturated heterocycles. The summed E-state index contributed by atoms with van der Waals surface area (Å²) in [5.41, 5.74) is 6.19. The lowest BCUT2D eigenvalue weighted by Gasteiger charge is -2.33. The quantitative estimate of drug-likeness (QED) is 0.794. The van der Waals surface area contributed by atoms with Gasteiger partial charge in [0.05, 0.1) is 0 Å². The number of rotatable bonds is 2. The van der Waals surface area contributed by atoms with Crippen LogP contribution in [-0.2, 0) is 0 Å². The highest BCUT2D eigenvalue weighted by Crippen LogP contribution is 2.38. The van der Waals surface area contributed by atoms with Crippen LogP contribution in [0.4, 0.5) is 0 Å². The predicted molar refractivity (Wildman–Crippen MR) is 62.7 cm³/mol. The van der Waals surface area contributed by atoms with Crippen LogP contribution < -0.4 is 5.73 Å². The highest BCUT2D eigenvalue weighted by molar-refractivity contribution is 7.10. The summed E-state index contributed by atoms with van der Waals surface area (Å²) in [6, 6.07) is 4.78. The molecule has 14 heavy (non-hydrogen) atoms. The van der Waals surface area contributed by atoms with Crippen LogP contribution in [0.5, 0.6) is 0 Å². The third kappa shape index (κ3) is 2.01. The van der Waals surface area contributed by atoms with Crippen molar-refractivity contribution in [1.29, 1.82) is 0 Å². The predicted octanol–water partition coefficient (Wildman–Crippen LogP) is 3.37. The van der Waals surface area contributed by atoms with Gasteiger partial charge in [-0.2, -0.15) is 0 Å². The molecule has 3 atom stereocenters. The first-order valence-electron chi connectivity index (χ1n) is 5.60. The van der Waals surface area contributed by atoms with Gasteiger partial charge in [-0.15, -0.1) is 11.3 Å². The monoisotopic (exact) mass is 209 g/mol. The van der Waals surface area contributed by atoms with Crippen LogP contribution in [0.1, 0.15) is 43.4 Å². The van der Waals surface area contributed by atoms with Gasteiger partial charge >= 0.3 is 0 Å². The summed E-state index contributed by atoms with van der Waals surface area (Å²) in [4.78, 5) is 1.50. The number of hydrogen-bond acceptors (Lipinski definition) is 2. The molecule has 0 aliphatic heterocycles. The fourth-order valence-corrected chi connectivity index (χ4v) is 3.40. The molecule has 0 amide bonds. The first kappa shape index (κ1) is 10.2. The Kier molecular flexibility index (Phi) is 3.24. The van der Waals surface area contributed by atoms with E-state index in [9.17, 15) is 0 Å². The van der Waals surface area contributed by atoms with Gasteiger partial charge in [-0.25, -0.2) is 0 Å². The molecule has 0 radical (unpaired) electrons. The van der Waals surface area contributed by atoms with E-state index < -0.39 is 0 Å². The highest BCUT2D eigenvalue weighted by atomic mass is 32.1. The van der Waals surface area contributed by atoms with Gasteiger partial charge in [0.2, 0.25) is 0 Å². The Bertz CT molecular complexity index is 268. The Morgan fingerprint density at radius 3 is 3.00 bits per heavy atom. The normalized spacial score (nSPS) is 33.1. The maximum Gasteiger partial charge on any atom is 0.0116 e. The van der Waals surface area contributed by atoms with Crippen molar-refractivity contribution in [3.63, 3.8) is 0 Å². The second-order valence-electron chi connectivity index (χ2n) is 4.37. The van der Waals surface area contributed by atoms with Crippen molar-refractivity contribution in [3.8, 4) is 0 Å². The molecule has 2 heteroatoms. The molecule has 2 N–H and O–H groups in total. The number of hydrogen-bond donors (Lipinski definition) is 1. The van der Waals surface area contributed by atoms with Gasteiger partial charge in [0.25, 0.3) is 0 Å². The fraction of sp³-hybridized carbons (Fsp3) is 0.667. The van der Waals surface area contributed by atoms with Crippen LogP contribution in [0, 0.1) is 5.92 Å². The Morgan fingerprint density at radius 1 is 1.50 bits per heavy atom. The van der Waals surface area contributed by atoms with Crippen LogP contribution in [0.15, 0.2) is 17.5 Å². The molecule has 78 valence electrons. The summed E-state index contributed by atoms with van der Waals surface area (Å²) in [6.45, 7) is 2.30. The molecule has 2 rings (SSSR count). The van der Waals surface area contributed by atoms with Crippen LogP contribution >= 0.6 is 11.3 Å². The van der Waals surface area contributed by atoms with Gasteiger partial charge in [0.15, 0.2) is 0 Å². The van der Waals surface area contributed by atoms with E-state index in [-0.39, 0.29) is 0 Å². The summed E-state index contributed by atoms with van der Waals surface area (Å²) in [7, 11) is 0. The van der Waals surface area contributed by atoms with Crippen molar-refractivity contribution in [3.05, 3.63) is 22.4 Å². The minimum absolute atomic E-state index is 0.399. The second kappa shape index (κ2) is 4.45. The maximum atomic E-state index is 6.19. The van der Waals surface area contributed by atoms with Crippen molar-refractivity contribution < 1.29 is 0 Å². The third-order valence-electron chi connectivity index (χ3n) is 3.50. The third-order valence-corrected chi connectivity index (χ3v) is 4.50. The largest absolute Gasteiger partial charge is 0.327 e. The summed E-state index contributed by atoms with van der Waals surface area (Å²) < 4.78 is 0. The van der Waals surface area contributed by atoms with Crippen LogP contribution in [0.2, 0.25) is 0 Å². The molecule has 1 aromatic heterocycles. The topological polar surface area (TPSA) is 26.0 Å². The molecule has 1 saturated carbocycles. The minimum Gasteiger partial charge on any atom is -0.327 e. The summed E-state index contributed by atoms with van der Waals surface area (Å²) in [5, 5.41) is 2.16. The zero-order valence-corrected chi connectivity index (χ0v) is 9.59. The zero-order valence-electron chi connectivity index (χ0n) is 8.78. The van der Waals surface area contributed by atoms with E-state index in [0.717, 1.165) is 5.92 Å². The first-order chi connectivity index (χ1) is 6.81. The molecular weight excluding hydrogens is 190 g/mol. The second-order valence-corrected chi connectivity index (χ2v) is 5.35. The highest BCUT2D eigenvalue weighted by Gasteiger charge is 2.28. The standard InChI is InChI=1S/C12H19NS/c1-2-9-5-6-11(13)10(8-9)12-4-3-7-14-12/h3-4,7,9-11H,2,5-6,8,13H2,1H3. The van der Waals surface area contributed by atoms with E-state index in [2.05, 4.69) is 24.4 Å². The van der Waals surface area contributed by atoms with Gasteiger partial charge in [0, 0.05) is 16.8 Å². The molecule has 1 aliphatic rings. The number of nitrogens with two attached hydrogens (primary N) is 1. The molecule has 1 aliphatic carbocycles. The molecule has 1 aromatic rings. The summed E-state index contributed by atoms with van der Waals surface area (Å²) in [5.74, 6) is 1.54. The molecular formula is C12H19NS. The van der Waals surface area contributed by atoms with E-state index in [4.69, 9.17) is 5.73 Å². The van der Waals surface area contributed by atoms with Crippen molar-refractivity contribution in [2.45, 2.75) is 44.6 Å². The van der Waals surface area contributed by atoms with E-state index in [1.165, 1.54) is 30.6 Å². The molecule has 1 nitrogen and oxygen atoms in total. The van der Waals surface area contributed by atoms with Crippen molar-refractivity contribution >= 4 is 11.3 Å². The summed E-state index contributed by atoms with van der Waals surface area (Å²) >= 11 is 1.87. The number of thiophene rings is 1. The van der Waals surface area contributed by atoms with Gasteiger partial charge in [0.1, 0.15) is 0 Å². The average molecular weight is 209 g/mol. The molecule has 0 bridgehead atoms. The van der Waals surface area contributed by atoms with Crippen molar-refractivity contribution in [1.82, 2.24) is 0 Å². The lowest BCUT2D eigenvalue weighted by atomic mass is 9.77. The fourth-order valence-electron chi connectivity index (χ4n) is 2.48. The summed E-state index contributed by atoms with van der Waals surface area (Å²) in [6.07, 6.45) is 5.16. The van der Waals surface area contributed by atoms with E-state index in [0.29, 0.717) is 12.0 Å². The van der Waals surface area contributed by atoms with Crippen LogP contribution in [0.3, 0.4) is 0 Å². The van der Waals surface area contributed by atoms with E-state index in [1.54, 1.807) is 0 Å². The van der Waals surface area contributed by atoms with Crippen LogP contribution in [0.25, 0.3) is 0 Å². The zero-order chi connectivity index (χ0) is 9.97. The van der Waals surface area contributed by atoms with Crippen molar-refractivity contribution in [2.24, 2.45) is 11.7 Å². The van der Waals surface area contributed by atoms with E-state index in [1.807, 2.05) is 11.3 Å². The van der Waals surface area contributed by atoms with Gasteiger partial charge < -0.3 is 5.73 Å². The lowest BCUT2D eigenvalue weighted by molar-refractivity contribution is 0.285. The first-order valence-corrected chi connectivity index (χ1v) is 6.48. The van der Waals surface area contributed by atoms with E-state index >= 15 is 0 Å². The Hall–Kier alpha value is -0.340. The Labute approximate surface area is 90.3 Å². The average Bonchev–Trinajstić information content (AvgIpc) is 2.71. The van der Waals surface area contributed by atoms with Gasteiger partial charge in [-0.1, -0.05) is 19.4 Å². The van der Waals surface area contributed by atoms with Crippen molar-refractivity contribution in [2.75, 3.05) is 0 Å². The minimum atomic E-state index is 0.399. The van der Waals surface area contributed by atoms with Crippen LogP contribution in [-0.4, -0.2) is 6.04 Å². The molecule has 0 aromatic carbocycles.